The monoisotopic (exact) mass is 416 g/mol. The van der Waals surface area contributed by atoms with Crippen molar-refractivity contribution in [2.24, 2.45) is 5.41 Å². The summed E-state index contributed by atoms with van der Waals surface area (Å²) in [6.07, 6.45) is 3.05. The first kappa shape index (κ1) is 30.7. The summed E-state index contributed by atoms with van der Waals surface area (Å²) in [5, 5.41) is 43.9. The Hall–Kier alpha value is 0.460. The number of carbonyl (C=O) groups is 2. The largest absolute Gasteiger partial charge is 1.00 e. The molecular formula is C18H19Na3O7. The third kappa shape index (κ3) is 8.68. The number of hydrogen-bond acceptors (Lipinski definition) is 7. The molecule has 1 N–H and O–H groups in total. The molecule has 1 fully saturated rings. The van der Waals surface area contributed by atoms with Crippen molar-refractivity contribution in [3.63, 3.8) is 0 Å². The smallest absolute Gasteiger partial charge is 0.870 e. The number of hydrogen-bond donors (Lipinski definition) is 1. The van der Waals surface area contributed by atoms with Crippen LogP contribution in [-0.4, -0.2) is 29.3 Å². The minimum atomic E-state index is -1.36. The van der Waals surface area contributed by atoms with Crippen molar-refractivity contribution in [3.8, 4) is 11.5 Å². The molecule has 1 aliphatic rings. The molecule has 10 heteroatoms. The molecule has 1 aliphatic carbocycles. The third-order valence-electron chi connectivity index (χ3n) is 4.65. The van der Waals surface area contributed by atoms with Crippen molar-refractivity contribution in [2.75, 3.05) is 6.61 Å². The van der Waals surface area contributed by atoms with Gasteiger partial charge < -0.3 is 34.8 Å². The summed E-state index contributed by atoms with van der Waals surface area (Å²) in [4.78, 5) is 21.6. The van der Waals surface area contributed by atoms with E-state index < -0.39 is 28.7 Å². The molecule has 0 radical (unpaired) electrons. The molecule has 0 amide bonds. The predicted octanol–water partition coefficient (Wildman–Crippen LogP) is -10.0. The van der Waals surface area contributed by atoms with Crippen molar-refractivity contribution in [2.45, 2.75) is 38.2 Å². The van der Waals surface area contributed by atoms with Crippen molar-refractivity contribution in [3.05, 3.63) is 29.8 Å². The van der Waals surface area contributed by atoms with Crippen LogP contribution in [0.3, 0.4) is 0 Å². The normalized spacial score (nSPS) is 23.6. The maximum atomic E-state index is 11.8. The molecule has 28 heavy (non-hydrogen) atoms. The second kappa shape index (κ2) is 13.0. The van der Waals surface area contributed by atoms with Crippen molar-refractivity contribution in [1.82, 2.24) is 0 Å². The van der Waals surface area contributed by atoms with E-state index in [1.54, 1.807) is 6.92 Å². The zero-order valence-corrected chi connectivity index (χ0v) is 22.8. The van der Waals surface area contributed by atoms with Crippen molar-refractivity contribution >= 4 is 18.0 Å². The Labute approximate surface area is 230 Å². The molecule has 0 atom stereocenters. The summed E-state index contributed by atoms with van der Waals surface area (Å²) in [7, 11) is 0. The molecule has 0 saturated heterocycles. The van der Waals surface area contributed by atoms with Gasteiger partial charge in [0.1, 0.15) is 12.4 Å². The summed E-state index contributed by atoms with van der Waals surface area (Å²) in [6.45, 7) is 1.44. The number of carboxylic acid groups (broad SMARTS) is 2. The van der Waals surface area contributed by atoms with E-state index in [1.807, 2.05) is 0 Å². The van der Waals surface area contributed by atoms with E-state index in [9.17, 15) is 30.0 Å². The van der Waals surface area contributed by atoms with Crippen LogP contribution in [0.4, 0.5) is 0 Å². The van der Waals surface area contributed by atoms with E-state index in [-0.39, 0.29) is 127 Å². The predicted molar refractivity (Wildman–Crippen MR) is 82.0 cm³/mol. The van der Waals surface area contributed by atoms with Gasteiger partial charge in [-0.05, 0) is 43.4 Å². The van der Waals surface area contributed by atoms with Gasteiger partial charge in [0.05, 0.1) is 11.6 Å². The first-order valence-corrected chi connectivity index (χ1v) is 7.90. The van der Waals surface area contributed by atoms with Gasteiger partial charge in [-0.1, -0.05) is 30.9 Å². The fourth-order valence-electron chi connectivity index (χ4n) is 2.73. The zero-order valence-electron chi connectivity index (χ0n) is 16.8. The molecule has 7 nitrogen and oxygen atoms in total. The topological polar surface area (TPSA) is 133 Å². The Balaban J connectivity index is 0. The minimum Gasteiger partial charge on any atom is -0.870 e. The van der Waals surface area contributed by atoms with Crippen LogP contribution < -0.4 is 109 Å². The van der Waals surface area contributed by atoms with Gasteiger partial charge in [-0.15, -0.1) is 0 Å². The van der Waals surface area contributed by atoms with Crippen LogP contribution in [0.15, 0.2) is 24.3 Å². The summed E-state index contributed by atoms with van der Waals surface area (Å²) < 4.78 is 5.43. The second-order valence-corrected chi connectivity index (χ2v) is 6.72. The van der Waals surface area contributed by atoms with Crippen LogP contribution in [0.25, 0.3) is 6.08 Å². The molecule has 0 heterocycles. The van der Waals surface area contributed by atoms with Crippen LogP contribution in [0.2, 0.25) is 0 Å². The van der Waals surface area contributed by atoms with E-state index in [4.69, 9.17) is 4.74 Å². The van der Waals surface area contributed by atoms with E-state index in [0.29, 0.717) is 5.56 Å². The van der Waals surface area contributed by atoms with Gasteiger partial charge in [-0.3, -0.25) is 0 Å². The Morgan fingerprint density at radius 3 is 2.21 bits per heavy atom. The van der Waals surface area contributed by atoms with Gasteiger partial charge in [0.15, 0.2) is 0 Å². The third-order valence-corrected chi connectivity index (χ3v) is 4.65. The summed E-state index contributed by atoms with van der Waals surface area (Å²) in [6, 6.07) is 4.05. The van der Waals surface area contributed by atoms with Gasteiger partial charge in [-0.2, -0.15) is 0 Å². The molecule has 1 aromatic carbocycles. The van der Waals surface area contributed by atoms with Gasteiger partial charge in [0.25, 0.3) is 0 Å². The summed E-state index contributed by atoms with van der Waals surface area (Å²) in [5.41, 5.74) is -1.75. The average molecular weight is 416 g/mol. The Bertz CT molecular complexity index is 698. The first-order valence-electron chi connectivity index (χ1n) is 7.90. The van der Waals surface area contributed by atoms with Crippen LogP contribution >= 0.6 is 0 Å². The molecule has 0 aromatic heterocycles. The number of ether oxygens (including phenoxy) is 1. The molecule has 0 spiro atoms. The maximum Gasteiger partial charge on any atom is 1.00 e. The van der Waals surface area contributed by atoms with Crippen molar-refractivity contribution in [1.29, 1.82) is 0 Å². The number of aliphatic hydroxyl groups is 1. The van der Waals surface area contributed by atoms with Crippen LogP contribution in [0.1, 0.15) is 38.2 Å². The van der Waals surface area contributed by atoms with E-state index in [0.717, 1.165) is 6.08 Å². The standard InChI is InChI=1S/C18H22O7.3Na/c1-17(16(22)23)6-8-18(24,9-7-17)11-25-14-10-12(2-4-13(14)19)3-5-15(20)21;;;/h2-5,10,19,24H,6-9,11H2,1H3,(H,20,21)(H,22,23);;;/q;3*+1/p-3/b5-3+;;;. The van der Waals surface area contributed by atoms with E-state index in [1.165, 1.54) is 24.3 Å². The number of rotatable bonds is 6. The second-order valence-electron chi connectivity index (χ2n) is 6.72. The summed E-state index contributed by atoms with van der Waals surface area (Å²) in [5.74, 6) is -2.90. The molecule has 1 aromatic rings. The fraction of sp³-hybridized carbons (Fsp3) is 0.444. The Kier molecular flexibility index (Phi) is 14.2. The number of benzene rings is 1. The van der Waals surface area contributed by atoms with Gasteiger partial charge >= 0.3 is 88.7 Å². The van der Waals surface area contributed by atoms with E-state index in [2.05, 4.69) is 0 Å². The van der Waals surface area contributed by atoms with Crippen LogP contribution in [0, 0.1) is 5.41 Å². The van der Waals surface area contributed by atoms with Crippen LogP contribution in [-0.2, 0) is 9.59 Å². The molecule has 1 saturated carbocycles. The molecule has 0 unspecified atom stereocenters. The summed E-state index contributed by atoms with van der Waals surface area (Å²) >= 11 is 0. The maximum absolute atomic E-state index is 11.8. The molecule has 2 rings (SSSR count). The molecular weight excluding hydrogens is 397 g/mol. The quantitative estimate of drug-likeness (QED) is 0.360. The number of carbonyl (C=O) groups excluding carboxylic acids is 2. The first-order chi connectivity index (χ1) is 11.6. The van der Waals surface area contributed by atoms with Gasteiger partial charge in [0.2, 0.25) is 0 Å². The van der Waals surface area contributed by atoms with Crippen molar-refractivity contribution < 1.29 is 123 Å². The fourth-order valence-corrected chi connectivity index (χ4v) is 2.73. The van der Waals surface area contributed by atoms with Gasteiger partial charge in [-0.25, -0.2) is 0 Å². The zero-order chi connectivity index (χ0) is 18.7. The number of aliphatic carboxylic acids is 2. The minimum absolute atomic E-state index is 0. The SMILES string of the molecule is CC1(C(=O)[O-])CCC(O)(COc2cc(/C=C/C(=O)[O-])ccc2[O-])CC1.[Na+].[Na+].[Na+]. The van der Waals surface area contributed by atoms with Crippen LogP contribution in [0.5, 0.6) is 11.5 Å². The molecule has 136 valence electrons. The Morgan fingerprint density at radius 1 is 1.14 bits per heavy atom. The average Bonchev–Trinajstić information content (AvgIpc) is 2.56. The van der Waals surface area contributed by atoms with Gasteiger partial charge in [0, 0.05) is 11.4 Å². The molecule has 0 aliphatic heterocycles. The van der Waals surface area contributed by atoms with E-state index >= 15 is 0 Å². The number of carboxylic acids is 2. The Morgan fingerprint density at radius 2 is 1.71 bits per heavy atom. The molecule has 0 bridgehead atoms.